The van der Waals surface area contributed by atoms with Crippen LogP contribution in [0.25, 0.3) is 11.3 Å². The van der Waals surface area contributed by atoms with Gasteiger partial charge in [0.2, 0.25) is 0 Å². The molecule has 1 aliphatic rings. The third-order valence-corrected chi connectivity index (χ3v) is 4.91. The van der Waals surface area contributed by atoms with Crippen LogP contribution in [0.1, 0.15) is 30.1 Å². The van der Waals surface area contributed by atoms with Crippen molar-refractivity contribution in [1.29, 1.82) is 0 Å². The number of nitrogens with one attached hydrogen (secondary N) is 1. The molecule has 6 heteroatoms. The molecular formula is C20H18BrFN2O2. The second-order valence-corrected chi connectivity index (χ2v) is 7.25. The minimum Gasteiger partial charge on any atom is -0.496 e. The number of nitrogens with zero attached hydrogens (tertiary/aromatic N) is 1. The molecule has 0 aliphatic heterocycles. The second-order valence-electron chi connectivity index (χ2n) is 6.33. The fraction of sp³-hybridized carbons (Fsp3) is 0.250. The Morgan fingerprint density at radius 3 is 2.81 bits per heavy atom. The number of ether oxygens (including phenoxy) is 2. The van der Waals surface area contributed by atoms with Crippen molar-refractivity contribution in [3.8, 4) is 22.8 Å². The van der Waals surface area contributed by atoms with Gasteiger partial charge in [-0.05, 0) is 37.1 Å². The summed E-state index contributed by atoms with van der Waals surface area (Å²) in [6.45, 7) is 0.149. The number of halogens is 2. The molecule has 134 valence electrons. The summed E-state index contributed by atoms with van der Waals surface area (Å²) in [5.74, 6) is 2.59. The van der Waals surface area contributed by atoms with Crippen LogP contribution in [0.4, 0.5) is 4.39 Å². The molecular weight excluding hydrogens is 399 g/mol. The van der Waals surface area contributed by atoms with Crippen LogP contribution in [0.5, 0.6) is 11.5 Å². The SMILES string of the molecule is COc1cc(OCc2ccc(Br)cc2F)ccc1-c1c[nH]c(C2CC2)n1. The number of benzene rings is 2. The highest BCUT2D eigenvalue weighted by molar-refractivity contribution is 9.10. The highest BCUT2D eigenvalue weighted by Gasteiger charge is 2.27. The van der Waals surface area contributed by atoms with Gasteiger partial charge in [0.1, 0.15) is 29.7 Å². The molecule has 1 saturated carbocycles. The monoisotopic (exact) mass is 416 g/mol. The van der Waals surface area contributed by atoms with Crippen molar-refractivity contribution in [3.05, 3.63) is 64.3 Å². The van der Waals surface area contributed by atoms with Crippen molar-refractivity contribution in [3.63, 3.8) is 0 Å². The fourth-order valence-corrected chi connectivity index (χ4v) is 3.15. The van der Waals surface area contributed by atoms with Gasteiger partial charge in [-0.1, -0.05) is 22.0 Å². The van der Waals surface area contributed by atoms with E-state index in [1.54, 1.807) is 25.3 Å². The predicted octanol–water partition coefficient (Wildman–Crippen LogP) is 5.44. The Balaban J connectivity index is 1.52. The Labute approximate surface area is 159 Å². The number of hydrogen-bond donors (Lipinski definition) is 1. The minimum absolute atomic E-state index is 0.149. The first-order valence-electron chi connectivity index (χ1n) is 8.44. The lowest BCUT2D eigenvalue weighted by molar-refractivity contribution is 0.297. The topological polar surface area (TPSA) is 47.1 Å². The van der Waals surface area contributed by atoms with Crippen molar-refractivity contribution in [2.75, 3.05) is 7.11 Å². The van der Waals surface area contributed by atoms with Crippen LogP contribution in [0, 0.1) is 5.82 Å². The summed E-state index contributed by atoms with van der Waals surface area (Å²) < 4.78 is 25.9. The summed E-state index contributed by atoms with van der Waals surface area (Å²) in [7, 11) is 1.62. The minimum atomic E-state index is -0.299. The van der Waals surface area contributed by atoms with E-state index < -0.39 is 0 Å². The van der Waals surface area contributed by atoms with E-state index in [-0.39, 0.29) is 12.4 Å². The van der Waals surface area contributed by atoms with Gasteiger partial charge < -0.3 is 14.5 Å². The second kappa shape index (κ2) is 7.11. The van der Waals surface area contributed by atoms with Crippen molar-refractivity contribution < 1.29 is 13.9 Å². The van der Waals surface area contributed by atoms with E-state index in [2.05, 4.69) is 25.9 Å². The van der Waals surface area contributed by atoms with E-state index in [0.717, 1.165) is 17.1 Å². The van der Waals surface area contributed by atoms with Gasteiger partial charge in [-0.2, -0.15) is 0 Å². The van der Waals surface area contributed by atoms with Crippen LogP contribution in [0.15, 0.2) is 47.1 Å². The molecule has 0 bridgehead atoms. The zero-order valence-corrected chi connectivity index (χ0v) is 15.8. The number of aromatic amines is 1. The Morgan fingerprint density at radius 2 is 2.08 bits per heavy atom. The molecule has 4 nitrogen and oxygen atoms in total. The predicted molar refractivity (Wildman–Crippen MR) is 101 cm³/mol. The smallest absolute Gasteiger partial charge is 0.132 e. The lowest BCUT2D eigenvalue weighted by Gasteiger charge is -2.11. The normalized spacial score (nSPS) is 13.7. The number of H-pyrrole nitrogens is 1. The molecule has 0 atom stereocenters. The number of aromatic nitrogens is 2. The summed E-state index contributed by atoms with van der Waals surface area (Å²) in [5, 5.41) is 0. The van der Waals surface area contributed by atoms with Crippen LogP contribution in [-0.4, -0.2) is 17.1 Å². The Morgan fingerprint density at radius 1 is 1.23 bits per heavy atom. The molecule has 26 heavy (non-hydrogen) atoms. The molecule has 1 aliphatic carbocycles. The summed E-state index contributed by atoms with van der Waals surface area (Å²) in [4.78, 5) is 7.91. The third-order valence-electron chi connectivity index (χ3n) is 4.42. The highest BCUT2D eigenvalue weighted by atomic mass is 79.9. The van der Waals surface area contributed by atoms with Gasteiger partial charge in [-0.15, -0.1) is 0 Å². The van der Waals surface area contributed by atoms with Crippen molar-refractivity contribution >= 4 is 15.9 Å². The Kier molecular flexibility index (Phi) is 4.68. The zero-order chi connectivity index (χ0) is 18.1. The van der Waals surface area contributed by atoms with Crippen LogP contribution in [-0.2, 0) is 6.61 Å². The molecule has 4 rings (SSSR count). The fourth-order valence-electron chi connectivity index (χ4n) is 2.81. The zero-order valence-electron chi connectivity index (χ0n) is 14.3. The molecule has 0 spiro atoms. The van der Waals surface area contributed by atoms with E-state index in [0.29, 0.717) is 27.5 Å². The molecule has 1 heterocycles. The van der Waals surface area contributed by atoms with Gasteiger partial charge in [0, 0.05) is 33.8 Å². The quantitative estimate of drug-likeness (QED) is 0.581. The lowest BCUT2D eigenvalue weighted by Crippen LogP contribution is -1.99. The first kappa shape index (κ1) is 17.1. The van der Waals surface area contributed by atoms with Crippen molar-refractivity contribution in [2.45, 2.75) is 25.4 Å². The molecule has 1 aromatic heterocycles. The molecule has 0 amide bonds. The van der Waals surface area contributed by atoms with Crippen LogP contribution in [0.2, 0.25) is 0 Å². The maximum Gasteiger partial charge on any atom is 0.132 e. The number of methoxy groups -OCH3 is 1. The first-order valence-corrected chi connectivity index (χ1v) is 9.24. The van der Waals surface area contributed by atoms with Crippen molar-refractivity contribution in [1.82, 2.24) is 9.97 Å². The number of rotatable bonds is 6. The van der Waals surface area contributed by atoms with E-state index >= 15 is 0 Å². The molecule has 0 saturated heterocycles. The third kappa shape index (κ3) is 3.60. The maximum atomic E-state index is 13.9. The number of hydrogen-bond acceptors (Lipinski definition) is 3. The standard InChI is InChI=1S/C20H18BrFN2O2/c1-25-19-9-15(26-11-13-4-5-14(21)8-17(13)22)6-7-16(19)18-10-23-20(24-18)12-2-3-12/h4-10,12H,2-3,11H2,1H3,(H,23,24). The summed E-state index contributed by atoms with van der Waals surface area (Å²) >= 11 is 3.25. The van der Waals surface area contributed by atoms with Crippen LogP contribution >= 0.6 is 15.9 Å². The Bertz CT molecular complexity index is 937. The highest BCUT2D eigenvalue weighted by Crippen LogP contribution is 2.40. The van der Waals surface area contributed by atoms with Gasteiger partial charge in [0.15, 0.2) is 0 Å². The average Bonchev–Trinajstić information content (AvgIpc) is 3.38. The maximum absolute atomic E-state index is 13.9. The molecule has 0 radical (unpaired) electrons. The van der Waals surface area contributed by atoms with Crippen LogP contribution in [0.3, 0.4) is 0 Å². The summed E-state index contributed by atoms with van der Waals surface area (Å²) in [6.07, 6.45) is 4.30. The van der Waals surface area contributed by atoms with E-state index in [1.807, 2.05) is 18.3 Å². The van der Waals surface area contributed by atoms with E-state index in [4.69, 9.17) is 9.47 Å². The van der Waals surface area contributed by atoms with Gasteiger partial charge in [0.25, 0.3) is 0 Å². The summed E-state index contributed by atoms with van der Waals surface area (Å²) in [5.41, 5.74) is 2.25. The van der Waals surface area contributed by atoms with Gasteiger partial charge in [-0.3, -0.25) is 0 Å². The number of imidazole rings is 1. The van der Waals surface area contributed by atoms with E-state index in [1.165, 1.54) is 18.9 Å². The first-order chi connectivity index (χ1) is 12.6. The molecule has 1 N–H and O–H groups in total. The molecule has 1 fully saturated rings. The molecule has 3 aromatic rings. The van der Waals surface area contributed by atoms with Gasteiger partial charge in [0.05, 0.1) is 12.8 Å². The Hall–Kier alpha value is -2.34. The largest absolute Gasteiger partial charge is 0.496 e. The van der Waals surface area contributed by atoms with E-state index in [9.17, 15) is 4.39 Å². The molecule has 2 aromatic carbocycles. The van der Waals surface area contributed by atoms with Gasteiger partial charge in [-0.25, -0.2) is 9.37 Å². The average molecular weight is 417 g/mol. The molecule has 0 unspecified atom stereocenters. The summed E-state index contributed by atoms with van der Waals surface area (Å²) in [6, 6.07) is 10.5. The van der Waals surface area contributed by atoms with Crippen molar-refractivity contribution in [2.24, 2.45) is 0 Å². The van der Waals surface area contributed by atoms with Crippen LogP contribution < -0.4 is 9.47 Å². The lowest BCUT2D eigenvalue weighted by atomic mass is 10.1. The van der Waals surface area contributed by atoms with Gasteiger partial charge >= 0.3 is 0 Å².